The highest BCUT2D eigenvalue weighted by Crippen LogP contribution is 2.14. The predicted octanol–water partition coefficient (Wildman–Crippen LogP) is 3.95. The number of ether oxygens (including phenoxy) is 1. The number of aryl methyl sites for hydroxylation is 1. The van der Waals surface area contributed by atoms with Crippen molar-refractivity contribution in [2.45, 2.75) is 33.4 Å². The molecule has 1 amide bonds. The van der Waals surface area contributed by atoms with Gasteiger partial charge < -0.3 is 14.6 Å². The van der Waals surface area contributed by atoms with E-state index in [0.717, 1.165) is 17.7 Å². The van der Waals surface area contributed by atoms with Crippen molar-refractivity contribution in [2.75, 3.05) is 18.4 Å². The van der Waals surface area contributed by atoms with Crippen LogP contribution in [0.1, 0.15) is 30.6 Å². The molecule has 0 saturated carbocycles. The smallest absolute Gasteiger partial charge is 0.240 e. The monoisotopic (exact) mass is 412 g/mol. The quantitative estimate of drug-likeness (QED) is 0.543. The van der Waals surface area contributed by atoms with E-state index in [9.17, 15) is 9.18 Å². The number of benzene rings is 2. The van der Waals surface area contributed by atoms with Crippen LogP contribution < -0.4 is 10.1 Å². The Morgan fingerprint density at radius 1 is 1.20 bits per heavy atom. The van der Waals surface area contributed by atoms with E-state index >= 15 is 0 Å². The van der Waals surface area contributed by atoms with Crippen molar-refractivity contribution in [1.82, 2.24) is 15.0 Å². The van der Waals surface area contributed by atoms with Gasteiger partial charge in [-0.25, -0.2) is 4.39 Å². The highest BCUT2D eigenvalue weighted by atomic mass is 19.1. The molecule has 8 heteroatoms. The van der Waals surface area contributed by atoms with E-state index in [1.165, 1.54) is 24.3 Å². The molecule has 158 valence electrons. The van der Waals surface area contributed by atoms with E-state index < -0.39 is 0 Å². The summed E-state index contributed by atoms with van der Waals surface area (Å²) in [7, 11) is 0. The Morgan fingerprint density at radius 2 is 1.97 bits per heavy atom. The lowest BCUT2D eigenvalue weighted by atomic mass is 10.2. The number of carbonyl (C=O) groups is 1. The van der Waals surface area contributed by atoms with Crippen molar-refractivity contribution < 1.29 is 18.4 Å². The van der Waals surface area contributed by atoms with Gasteiger partial charge in [-0.3, -0.25) is 9.69 Å². The van der Waals surface area contributed by atoms with Gasteiger partial charge in [-0.1, -0.05) is 30.3 Å². The molecule has 7 nitrogen and oxygen atoms in total. The third-order valence-corrected chi connectivity index (χ3v) is 4.38. The van der Waals surface area contributed by atoms with Crippen LogP contribution in [0.5, 0.6) is 5.75 Å². The van der Waals surface area contributed by atoms with Crippen molar-refractivity contribution >= 4 is 11.6 Å². The number of halogens is 1. The number of carbonyl (C=O) groups excluding carboxylic acids is 1. The average Bonchev–Trinajstić information content (AvgIpc) is 3.17. The molecule has 0 bridgehead atoms. The summed E-state index contributed by atoms with van der Waals surface area (Å²) >= 11 is 0. The van der Waals surface area contributed by atoms with Gasteiger partial charge in [-0.2, -0.15) is 4.98 Å². The van der Waals surface area contributed by atoms with Gasteiger partial charge in [0.25, 0.3) is 0 Å². The van der Waals surface area contributed by atoms with Crippen molar-refractivity contribution in [3.05, 3.63) is 71.6 Å². The summed E-state index contributed by atoms with van der Waals surface area (Å²) in [4.78, 5) is 18.7. The zero-order valence-corrected chi connectivity index (χ0v) is 17.1. The Kier molecular flexibility index (Phi) is 7.51. The lowest BCUT2D eigenvalue weighted by Crippen LogP contribution is -2.33. The summed E-state index contributed by atoms with van der Waals surface area (Å²) < 4.78 is 23.8. The van der Waals surface area contributed by atoms with Gasteiger partial charge in [-0.05, 0) is 55.8 Å². The molecule has 1 aromatic heterocycles. The second-order valence-corrected chi connectivity index (χ2v) is 6.92. The van der Waals surface area contributed by atoms with Crippen LogP contribution in [-0.2, 0) is 17.9 Å². The van der Waals surface area contributed by atoms with Crippen molar-refractivity contribution in [3.8, 4) is 5.75 Å². The Balaban J connectivity index is 1.53. The maximum atomic E-state index is 12.9. The van der Waals surface area contributed by atoms with Crippen molar-refractivity contribution in [3.63, 3.8) is 0 Å². The fourth-order valence-electron chi connectivity index (χ4n) is 2.92. The normalized spacial score (nSPS) is 10.9. The van der Waals surface area contributed by atoms with E-state index in [2.05, 4.69) is 15.5 Å². The molecular formula is C22H25FN4O3. The molecule has 30 heavy (non-hydrogen) atoms. The van der Waals surface area contributed by atoms with Crippen LogP contribution in [0.3, 0.4) is 0 Å². The van der Waals surface area contributed by atoms with Gasteiger partial charge >= 0.3 is 0 Å². The summed E-state index contributed by atoms with van der Waals surface area (Å²) in [5.41, 5.74) is 1.81. The molecule has 2 aromatic carbocycles. The lowest BCUT2D eigenvalue weighted by Gasteiger charge is -2.19. The predicted molar refractivity (Wildman–Crippen MR) is 110 cm³/mol. The molecule has 0 aliphatic heterocycles. The Labute approximate surface area is 174 Å². The maximum absolute atomic E-state index is 12.9. The number of amides is 1. The third kappa shape index (κ3) is 6.38. The molecule has 0 unspecified atom stereocenters. The number of rotatable bonds is 10. The highest BCUT2D eigenvalue weighted by molar-refractivity contribution is 5.92. The van der Waals surface area contributed by atoms with Crippen LogP contribution in [0.25, 0.3) is 0 Å². The minimum Gasteiger partial charge on any atom is -0.485 e. The second-order valence-electron chi connectivity index (χ2n) is 6.92. The fraction of sp³-hybridized carbons (Fsp3) is 0.318. The molecule has 3 aromatic rings. The molecular weight excluding hydrogens is 387 g/mol. The molecule has 0 spiro atoms. The molecule has 0 atom stereocenters. The molecule has 3 rings (SSSR count). The van der Waals surface area contributed by atoms with E-state index in [1.54, 1.807) is 0 Å². The summed E-state index contributed by atoms with van der Waals surface area (Å²) in [5.74, 6) is 0.882. The number of aromatic nitrogens is 2. The standard InChI is InChI=1S/C22H25FN4O3/c1-3-12-27(13-21(28)24-19-7-5-4-6-16(19)2)14-22-25-20(26-30-22)15-29-18-10-8-17(23)9-11-18/h4-11H,3,12-15H2,1-2H3,(H,24,28). The number of nitrogens with zero attached hydrogens (tertiary/aromatic N) is 3. The molecule has 0 saturated heterocycles. The summed E-state index contributed by atoms with van der Waals surface area (Å²) in [6, 6.07) is 13.4. The summed E-state index contributed by atoms with van der Waals surface area (Å²) in [6.07, 6.45) is 0.881. The average molecular weight is 412 g/mol. The minimum absolute atomic E-state index is 0.0999. The Morgan fingerprint density at radius 3 is 2.70 bits per heavy atom. The first-order valence-corrected chi connectivity index (χ1v) is 9.81. The van der Waals surface area contributed by atoms with Crippen LogP contribution in [0.15, 0.2) is 53.1 Å². The lowest BCUT2D eigenvalue weighted by molar-refractivity contribution is -0.117. The summed E-state index contributed by atoms with van der Waals surface area (Å²) in [6.45, 7) is 5.39. The molecule has 0 aliphatic carbocycles. The third-order valence-electron chi connectivity index (χ3n) is 4.38. The van der Waals surface area contributed by atoms with E-state index in [0.29, 0.717) is 30.6 Å². The van der Waals surface area contributed by atoms with Gasteiger partial charge in [0.05, 0.1) is 13.1 Å². The van der Waals surface area contributed by atoms with Gasteiger partial charge in [-0.15, -0.1) is 0 Å². The van der Waals surface area contributed by atoms with Gasteiger partial charge in [0.1, 0.15) is 11.6 Å². The largest absolute Gasteiger partial charge is 0.485 e. The van der Waals surface area contributed by atoms with Crippen LogP contribution in [-0.4, -0.2) is 34.0 Å². The van der Waals surface area contributed by atoms with Crippen LogP contribution >= 0.6 is 0 Å². The number of hydrogen-bond donors (Lipinski definition) is 1. The van der Waals surface area contributed by atoms with Crippen LogP contribution in [0.2, 0.25) is 0 Å². The minimum atomic E-state index is -0.327. The second kappa shape index (κ2) is 10.5. The van der Waals surface area contributed by atoms with E-state index in [1.807, 2.05) is 43.0 Å². The summed E-state index contributed by atoms with van der Waals surface area (Å²) in [5, 5.41) is 6.85. The van der Waals surface area contributed by atoms with Gasteiger partial charge in [0, 0.05) is 5.69 Å². The van der Waals surface area contributed by atoms with E-state index in [-0.39, 0.29) is 24.9 Å². The number of hydrogen-bond acceptors (Lipinski definition) is 6. The van der Waals surface area contributed by atoms with Crippen molar-refractivity contribution in [2.24, 2.45) is 0 Å². The maximum Gasteiger partial charge on any atom is 0.240 e. The first kappa shape index (κ1) is 21.4. The molecule has 0 fully saturated rings. The van der Waals surface area contributed by atoms with Crippen LogP contribution in [0.4, 0.5) is 10.1 Å². The fourth-order valence-corrected chi connectivity index (χ4v) is 2.92. The number of nitrogens with one attached hydrogen (secondary N) is 1. The van der Waals surface area contributed by atoms with Crippen LogP contribution in [0, 0.1) is 12.7 Å². The topological polar surface area (TPSA) is 80.5 Å². The van der Waals surface area contributed by atoms with Gasteiger partial charge in [0.2, 0.25) is 17.6 Å². The molecule has 1 heterocycles. The molecule has 0 aliphatic rings. The van der Waals surface area contributed by atoms with E-state index in [4.69, 9.17) is 9.26 Å². The zero-order chi connectivity index (χ0) is 21.3. The Bertz CT molecular complexity index is 959. The highest BCUT2D eigenvalue weighted by Gasteiger charge is 2.16. The first-order valence-electron chi connectivity index (χ1n) is 9.81. The number of anilines is 1. The molecule has 0 radical (unpaired) electrons. The number of para-hydroxylation sites is 1. The van der Waals surface area contributed by atoms with Crippen molar-refractivity contribution in [1.29, 1.82) is 0 Å². The SMILES string of the molecule is CCCN(CC(=O)Nc1ccccc1C)Cc1nc(COc2ccc(F)cc2)no1. The zero-order valence-electron chi connectivity index (χ0n) is 17.1. The molecule has 1 N–H and O–H groups in total. The Hall–Kier alpha value is -3.26. The van der Waals surface area contributed by atoms with Gasteiger partial charge in [0.15, 0.2) is 6.61 Å². The first-order chi connectivity index (χ1) is 14.5.